The van der Waals surface area contributed by atoms with Crippen LogP contribution in [0.1, 0.15) is 27.2 Å². The van der Waals surface area contributed by atoms with Gasteiger partial charge in [-0.1, -0.05) is 15.9 Å². The van der Waals surface area contributed by atoms with E-state index in [0.717, 1.165) is 24.8 Å². The van der Waals surface area contributed by atoms with Crippen molar-refractivity contribution in [3.8, 4) is 0 Å². The molecular formula is C10H18BrNO2. The van der Waals surface area contributed by atoms with Crippen LogP contribution < -0.4 is 0 Å². The van der Waals surface area contributed by atoms with Crippen molar-refractivity contribution in [3.05, 3.63) is 0 Å². The predicted molar refractivity (Wildman–Crippen MR) is 59.7 cm³/mol. The fourth-order valence-corrected chi connectivity index (χ4v) is 2.03. The van der Waals surface area contributed by atoms with Gasteiger partial charge in [0.2, 0.25) is 0 Å². The Hall–Kier alpha value is -0.250. The van der Waals surface area contributed by atoms with Gasteiger partial charge < -0.3 is 9.64 Å². The number of carbonyl (C=O) groups is 1. The van der Waals surface area contributed by atoms with Gasteiger partial charge in [-0.25, -0.2) is 4.79 Å². The number of hydrogen-bond donors (Lipinski definition) is 0. The summed E-state index contributed by atoms with van der Waals surface area (Å²) < 4.78 is 5.24. The van der Waals surface area contributed by atoms with E-state index in [0.29, 0.717) is 5.92 Å². The average molecular weight is 264 g/mol. The molecule has 1 fully saturated rings. The van der Waals surface area contributed by atoms with Crippen molar-refractivity contribution in [2.45, 2.75) is 32.8 Å². The van der Waals surface area contributed by atoms with Crippen LogP contribution >= 0.6 is 15.9 Å². The molecule has 0 aromatic heterocycles. The minimum absolute atomic E-state index is 0.177. The van der Waals surface area contributed by atoms with Crippen LogP contribution in [0.2, 0.25) is 0 Å². The molecule has 14 heavy (non-hydrogen) atoms. The fourth-order valence-electron chi connectivity index (χ4n) is 1.38. The van der Waals surface area contributed by atoms with E-state index in [1.807, 2.05) is 20.8 Å². The maximum atomic E-state index is 11.5. The van der Waals surface area contributed by atoms with Crippen LogP contribution in [0, 0.1) is 5.92 Å². The summed E-state index contributed by atoms with van der Waals surface area (Å²) in [5.74, 6) is 0.655. The highest BCUT2D eigenvalue weighted by molar-refractivity contribution is 9.09. The van der Waals surface area contributed by atoms with Gasteiger partial charge in [0, 0.05) is 18.4 Å². The highest BCUT2D eigenvalue weighted by Gasteiger charge is 2.32. The third-order valence-electron chi connectivity index (χ3n) is 2.13. The quantitative estimate of drug-likeness (QED) is 0.717. The van der Waals surface area contributed by atoms with Crippen molar-refractivity contribution in [3.63, 3.8) is 0 Å². The van der Waals surface area contributed by atoms with Crippen LogP contribution in [0.3, 0.4) is 0 Å². The third-order valence-corrected chi connectivity index (χ3v) is 2.58. The van der Waals surface area contributed by atoms with Crippen molar-refractivity contribution in [2.24, 2.45) is 5.92 Å². The number of amides is 1. The van der Waals surface area contributed by atoms with Gasteiger partial charge in [0.15, 0.2) is 0 Å². The van der Waals surface area contributed by atoms with Gasteiger partial charge in [-0.2, -0.15) is 0 Å². The Morgan fingerprint density at radius 1 is 1.50 bits per heavy atom. The molecule has 0 aliphatic carbocycles. The van der Waals surface area contributed by atoms with E-state index in [9.17, 15) is 4.79 Å². The third kappa shape index (κ3) is 3.48. The molecule has 0 spiro atoms. The molecule has 1 saturated heterocycles. The zero-order valence-electron chi connectivity index (χ0n) is 9.05. The van der Waals surface area contributed by atoms with E-state index in [2.05, 4.69) is 15.9 Å². The SMILES string of the molecule is CC(C)(C)OC(=O)N1CC(CCBr)C1. The van der Waals surface area contributed by atoms with Gasteiger partial charge >= 0.3 is 6.09 Å². The Balaban J connectivity index is 2.23. The fraction of sp³-hybridized carbons (Fsp3) is 0.900. The summed E-state index contributed by atoms with van der Waals surface area (Å²) in [5, 5.41) is 1.01. The molecular weight excluding hydrogens is 246 g/mol. The van der Waals surface area contributed by atoms with Gasteiger partial charge in [-0.05, 0) is 33.1 Å². The smallest absolute Gasteiger partial charge is 0.410 e. The first kappa shape index (κ1) is 11.8. The molecule has 1 rings (SSSR count). The second kappa shape index (κ2) is 4.51. The van der Waals surface area contributed by atoms with Crippen molar-refractivity contribution < 1.29 is 9.53 Å². The summed E-state index contributed by atoms with van der Waals surface area (Å²) in [6, 6.07) is 0. The van der Waals surface area contributed by atoms with E-state index >= 15 is 0 Å². The lowest BCUT2D eigenvalue weighted by Gasteiger charge is -2.39. The van der Waals surface area contributed by atoms with E-state index < -0.39 is 0 Å². The Labute approximate surface area is 93.9 Å². The van der Waals surface area contributed by atoms with Gasteiger partial charge in [-0.15, -0.1) is 0 Å². The molecule has 3 nitrogen and oxygen atoms in total. The van der Waals surface area contributed by atoms with Gasteiger partial charge in [0.05, 0.1) is 0 Å². The number of halogens is 1. The molecule has 4 heteroatoms. The number of hydrogen-bond acceptors (Lipinski definition) is 2. The second-order valence-electron chi connectivity index (χ2n) is 4.73. The maximum absolute atomic E-state index is 11.5. The van der Waals surface area contributed by atoms with E-state index in [4.69, 9.17) is 4.74 Å². The highest BCUT2D eigenvalue weighted by Crippen LogP contribution is 2.22. The van der Waals surface area contributed by atoms with E-state index in [1.165, 1.54) is 0 Å². The van der Waals surface area contributed by atoms with E-state index in [1.54, 1.807) is 4.90 Å². The molecule has 0 unspecified atom stereocenters. The Bertz CT molecular complexity index is 207. The summed E-state index contributed by atoms with van der Waals surface area (Å²) in [6.07, 6.45) is 0.961. The van der Waals surface area contributed by atoms with Crippen molar-refractivity contribution in [1.82, 2.24) is 4.90 Å². The molecule has 1 aliphatic rings. The number of carbonyl (C=O) groups excluding carboxylic acids is 1. The number of likely N-dealkylation sites (tertiary alicyclic amines) is 1. The Kier molecular flexibility index (Phi) is 3.81. The first-order chi connectivity index (χ1) is 6.42. The number of rotatable bonds is 2. The molecule has 0 N–H and O–H groups in total. The second-order valence-corrected chi connectivity index (χ2v) is 5.52. The Morgan fingerprint density at radius 3 is 2.50 bits per heavy atom. The van der Waals surface area contributed by atoms with Crippen LogP contribution in [0.5, 0.6) is 0 Å². The molecule has 0 radical (unpaired) electrons. The summed E-state index contributed by atoms with van der Waals surface area (Å²) >= 11 is 3.40. The maximum Gasteiger partial charge on any atom is 0.410 e. The molecule has 0 bridgehead atoms. The van der Waals surface area contributed by atoms with Gasteiger partial charge in [-0.3, -0.25) is 0 Å². The van der Waals surface area contributed by atoms with Crippen LogP contribution in [-0.4, -0.2) is 35.0 Å². The molecule has 1 aliphatic heterocycles. The lowest BCUT2D eigenvalue weighted by atomic mass is 9.98. The van der Waals surface area contributed by atoms with E-state index in [-0.39, 0.29) is 11.7 Å². The Morgan fingerprint density at radius 2 is 2.07 bits per heavy atom. The normalized spacial score (nSPS) is 17.9. The first-order valence-electron chi connectivity index (χ1n) is 4.96. The van der Waals surface area contributed by atoms with Gasteiger partial charge in [0.1, 0.15) is 5.60 Å². The molecule has 0 aromatic rings. The molecule has 1 amide bonds. The number of nitrogens with zero attached hydrogens (tertiary/aromatic N) is 1. The van der Waals surface area contributed by atoms with Gasteiger partial charge in [0.25, 0.3) is 0 Å². The summed E-state index contributed by atoms with van der Waals surface area (Å²) in [5.41, 5.74) is -0.377. The van der Waals surface area contributed by atoms with Crippen molar-refractivity contribution >= 4 is 22.0 Å². The topological polar surface area (TPSA) is 29.5 Å². The number of ether oxygens (including phenoxy) is 1. The lowest BCUT2D eigenvalue weighted by Crippen LogP contribution is -2.51. The summed E-state index contributed by atoms with van der Waals surface area (Å²) in [4.78, 5) is 13.2. The van der Waals surface area contributed by atoms with Crippen molar-refractivity contribution in [1.29, 1.82) is 0 Å². The van der Waals surface area contributed by atoms with Crippen molar-refractivity contribution in [2.75, 3.05) is 18.4 Å². The molecule has 0 saturated carbocycles. The largest absolute Gasteiger partial charge is 0.444 e. The van der Waals surface area contributed by atoms with Crippen LogP contribution in [0.25, 0.3) is 0 Å². The minimum Gasteiger partial charge on any atom is -0.444 e. The summed E-state index contributed by atoms with van der Waals surface area (Å²) in [6.45, 7) is 7.36. The van der Waals surface area contributed by atoms with Crippen LogP contribution in [-0.2, 0) is 4.74 Å². The molecule has 1 heterocycles. The standard InChI is InChI=1S/C10H18BrNO2/c1-10(2,3)14-9(13)12-6-8(7-12)4-5-11/h8H,4-7H2,1-3H3. The zero-order valence-corrected chi connectivity index (χ0v) is 10.6. The number of alkyl halides is 1. The lowest BCUT2D eigenvalue weighted by molar-refractivity contribution is -0.00121. The molecule has 0 atom stereocenters. The van der Waals surface area contributed by atoms with Crippen LogP contribution in [0.15, 0.2) is 0 Å². The average Bonchev–Trinajstić information content (AvgIpc) is 1.91. The molecule has 82 valence electrons. The molecule has 0 aromatic carbocycles. The minimum atomic E-state index is -0.377. The summed E-state index contributed by atoms with van der Waals surface area (Å²) in [7, 11) is 0. The predicted octanol–water partition coefficient (Wildman–Crippen LogP) is 2.64. The van der Waals surface area contributed by atoms with Crippen LogP contribution in [0.4, 0.5) is 4.79 Å². The monoisotopic (exact) mass is 263 g/mol. The zero-order chi connectivity index (χ0) is 10.8. The highest BCUT2D eigenvalue weighted by atomic mass is 79.9. The first-order valence-corrected chi connectivity index (χ1v) is 6.08.